The minimum atomic E-state index is -3.36. The molecule has 3 N–H and O–H groups in total. The van der Waals surface area contributed by atoms with Crippen LogP contribution >= 0.6 is 12.4 Å². The highest BCUT2D eigenvalue weighted by Gasteiger charge is 2.05. The van der Waals surface area contributed by atoms with Gasteiger partial charge in [0, 0.05) is 12.1 Å². The fourth-order valence-corrected chi connectivity index (χ4v) is 1.55. The minimum Gasteiger partial charge on any atom is -0.326 e. The van der Waals surface area contributed by atoms with Gasteiger partial charge in [0.2, 0.25) is 10.0 Å². The maximum atomic E-state index is 13.1. The molecule has 0 saturated carbocycles. The van der Waals surface area contributed by atoms with Crippen LogP contribution in [-0.2, 0) is 16.6 Å². The van der Waals surface area contributed by atoms with E-state index in [2.05, 4.69) is 4.72 Å². The lowest BCUT2D eigenvalue weighted by Gasteiger charge is -2.05. The van der Waals surface area contributed by atoms with Crippen LogP contribution in [0.2, 0.25) is 0 Å². The maximum absolute atomic E-state index is 13.1. The predicted molar refractivity (Wildman–Crippen MR) is 60.0 cm³/mol. The zero-order valence-electron chi connectivity index (χ0n) is 8.03. The first-order valence-electron chi connectivity index (χ1n) is 3.88. The van der Waals surface area contributed by atoms with Gasteiger partial charge in [0.1, 0.15) is 5.82 Å². The van der Waals surface area contributed by atoms with E-state index < -0.39 is 15.8 Å². The van der Waals surface area contributed by atoms with E-state index in [1.807, 2.05) is 0 Å². The number of hydrogen-bond acceptors (Lipinski definition) is 3. The molecule has 0 amide bonds. The van der Waals surface area contributed by atoms with Crippen LogP contribution in [0.1, 0.15) is 5.56 Å². The van der Waals surface area contributed by atoms with Crippen LogP contribution in [-0.4, -0.2) is 14.7 Å². The van der Waals surface area contributed by atoms with Gasteiger partial charge >= 0.3 is 0 Å². The van der Waals surface area contributed by atoms with E-state index in [4.69, 9.17) is 5.73 Å². The molecular weight excluding hydrogens is 243 g/mol. The topological polar surface area (TPSA) is 72.2 Å². The van der Waals surface area contributed by atoms with Gasteiger partial charge in [0.15, 0.2) is 0 Å². The molecule has 0 aromatic heterocycles. The Labute approximate surface area is 94.1 Å². The second-order valence-corrected chi connectivity index (χ2v) is 4.63. The summed E-state index contributed by atoms with van der Waals surface area (Å²) in [5.41, 5.74) is 5.80. The second-order valence-electron chi connectivity index (χ2n) is 2.88. The van der Waals surface area contributed by atoms with E-state index in [1.165, 1.54) is 12.1 Å². The van der Waals surface area contributed by atoms with Crippen molar-refractivity contribution in [1.29, 1.82) is 0 Å². The summed E-state index contributed by atoms with van der Waals surface area (Å²) >= 11 is 0. The van der Waals surface area contributed by atoms with Crippen LogP contribution in [0.25, 0.3) is 0 Å². The number of halogens is 2. The fourth-order valence-electron chi connectivity index (χ4n) is 0.990. The smallest absolute Gasteiger partial charge is 0.229 e. The summed E-state index contributed by atoms with van der Waals surface area (Å²) in [4.78, 5) is 0. The number of nitrogens with one attached hydrogen (secondary N) is 1. The number of hydrogen-bond donors (Lipinski definition) is 2. The number of sulfonamides is 1. The average Bonchev–Trinajstić information content (AvgIpc) is 2.01. The van der Waals surface area contributed by atoms with Crippen molar-refractivity contribution >= 4 is 28.1 Å². The minimum absolute atomic E-state index is 0. The molecule has 0 radical (unpaired) electrons. The molecule has 0 bridgehead atoms. The van der Waals surface area contributed by atoms with Crippen molar-refractivity contribution in [3.8, 4) is 0 Å². The summed E-state index contributed by atoms with van der Waals surface area (Å²) < 4.78 is 36.9. The van der Waals surface area contributed by atoms with Crippen molar-refractivity contribution in [3.05, 3.63) is 29.6 Å². The third-order valence-electron chi connectivity index (χ3n) is 1.58. The molecule has 0 unspecified atom stereocenters. The van der Waals surface area contributed by atoms with Gasteiger partial charge in [-0.15, -0.1) is 12.4 Å². The molecule has 4 nitrogen and oxygen atoms in total. The number of nitrogens with two attached hydrogens (primary N) is 1. The van der Waals surface area contributed by atoms with Crippen molar-refractivity contribution in [2.45, 2.75) is 6.54 Å². The molecule has 7 heteroatoms. The Morgan fingerprint density at radius 1 is 1.47 bits per heavy atom. The molecule has 1 aromatic carbocycles. The molecule has 1 aromatic rings. The third-order valence-corrected chi connectivity index (χ3v) is 2.18. The summed E-state index contributed by atoms with van der Waals surface area (Å²) in [7, 11) is -3.36. The number of anilines is 1. The lowest BCUT2D eigenvalue weighted by Crippen LogP contribution is -2.10. The molecule has 86 valence electrons. The standard InChI is InChI=1S/C8H11FN2O2S.ClH/c1-14(12,13)11-7-3-2-6(5-10)8(9)4-7;/h2-4,11H,5,10H2,1H3;1H. The number of benzene rings is 1. The van der Waals surface area contributed by atoms with E-state index in [9.17, 15) is 12.8 Å². The molecule has 0 aliphatic rings. The third kappa shape index (κ3) is 4.46. The Morgan fingerprint density at radius 2 is 2.07 bits per heavy atom. The molecule has 0 aliphatic heterocycles. The lowest BCUT2D eigenvalue weighted by atomic mass is 10.2. The van der Waals surface area contributed by atoms with Crippen LogP contribution in [0.4, 0.5) is 10.1 Å². The molecule has 1 rings (SSSR count). The Kier molecular flexibility index (Phi) is 4.99. The highest BCUT2D eigenvalue weighted by atomic mass is 35.5. The highest BCUT2D eigenvalue weighted by Crippen LogP contribution is 2.14. The van der Waals surface area contributed by atoms with Crippen LogP contribution < -0.4 is 10.5 Å². The van der Waals surface area contributed by atoms with Gasteiger partial charge in [-0.05, 0) is 12.1 Å². The molecule has 0 fully saturated rings. The summed E-state index contributed by atoms with van der Waals surface area (Å²) in [6.45, 7) is 0.0883. The van der Waals surface area contributed by atoms with Gasteiger partial charge in [-0.3, -0.25) is 4.72 Å². The Bertz CT molecular complexity index is 436. The highest BCUT2D eigenvalue weighted by molar-refractivity contribution is 7.92. The zero-order chi connectivity index (χ0) is 10.8. The van der Waals surface area contributed by atoms with Crippen molar-refractivity contribution in [2.75, 3.05) is 11.0 Å². The van der Waals surface area contributed by atoms with E-state index in [1.54, 1.807) is 0 Å². The summed E-state index contributed by atoms with van der Waals surface area (Å²) in [5, 5.41) is 0. The fraction of sp³-hybridized carbons (Fsp3) is 0.250. The molecule has 0 atom stereocenters. The van der Waals surface area contributed by atoms with Gasteiger partial charge in [0.25, 0.3) is 0 Å². The zero-order valence-corrected chi connectivity index (χ0v) is 9.66. The molecule has 0 spiro atoms. The van der Waals surface area contributed by atoms with Crippen LogP contribution in [0.15, 0.2) is 18.2 Å². The summed E-state index contributed by atoms with van der Waals surface area (Å²) in [6, 6.07) is 4.01. The van der Waals surface area contributed by atoms with Crippen molar-refractivity contribution in [1.82, 2.24) is 0 Å². The first-order valence-corrected chi connectivity index (χ1v) is 5.78. The summed E-state index contributed by atoms with van der Waals surface area (Å²) in [6.07, 6.45) is 1.00. The second kappa shape index (κ2) is 5.29. The first kappa shape index (κ1) is 14.2. The van der Waals surface area contributed by atoms with Crippen molar-refractivity contribution in [3.63, 3.8) is 0 Å². The van der Waals surface area contributed by atoms with E-state index in [0.717, 1.165) is 12.3 Å². The molecule has 0 heterocycles. The maximum Gasteiger partial charge on any atom is 0.229 e. The van der Waals surface area contributed by atoms with Gasteiger partial charge < -0.3 is 5.73 Å². The van der Waals surface area contributed by atoms with Crippen LogP contribution in [0.3, 0.4) is 0 Å². The first-order chi connectivity index (χ1) is 6.42. The molecule has 0 saturated heterocycles. The monoisotopic (exact) mass is 254 g/mol. The van der Waals surface area contributed by atoms with Gasteiger partial charge in [0.05, 0.1) is 11.9 Å². The van der Waals surface area contributed by atoms with Crippen molar-refractivity contribution in [2.24, 2.45) is 5.73 Å². The lowest BCUT2D eigenvalue weighted by molar-refractivity contribution is 0.606. The molecular formula is C8H12ClFN2O2S. The van der Waals surface area contributed by atoms with Crippen LogP contribution in [0, 0.1) is 5.82 Å². The Balaban J connectivity index is 0.00000196. The largest absolute Gasteiger partial charge is 0.326 e. The van der Waals surface area contributed by atoms with E-state index in [-0.39, 0.29) is 24.6 Å². The Hall–Kier alpha value is -0.850. The molecule has 15 heavy (non-hydrogen) atoms. The van der Waals surface area contributed by atoms with Gasteiger partial charge in [-0.25, -0.2) is 12.8 Å². The summed E-state index contributed by atoms with van der Waals surface area (Å²) in [5.74, 6) is -0.513. The van der Waals surface area contributed by atoms with Gasteiger partial charge in [-0.1, -0.05) is 6.07 Å². The van der Waals surface area contributed by atoms with E-state index in [0.29, 0.717) is 5.56 Å². The molecule has 0 aliphatic carbocycles. The van der Waals surface area contributed by atoms with Crippen molar-refractivity contribution < 1.29 is 12.8 Å². The Morgan fingerprint density at radius 3 is 2.47 bits per heavy atom. The SMILES string of the molecule is CS(=O)(=O)Nc1ccc(CN)c(F)c1.Cl. The number of rotatable bonds is 3. The quantitative estimate of drug-likeness (QED) is 0.848. The predicted octanol–water partition coefficient (Wildman–Crippen LogP) is 1.08. The average molecular weight is 255 g/mol. The van der Waals surface area contributed by atoms with Gasteiger partial charge in [-0.2, -0.15) is 0 Å². The van der Waals surface area contributed by atoms with Crippen LogP contribution in [0.5, 0.6) is 0 Å². The van der Waals surface area contributed by atoms with E-state index >= 15 is 0 Å². The normalized spacial score (nSPS) is 10.6.